The molecule has 0 N–H and O–H groups in total. The molecule has 2 nitrogen and oxygen atoms in total. The topological polar surface area (TPSA) is 26.0 Å². The van der Waals surface area contributed by atoms with E-state index in [2.05, 4.69) is 17.6 Å². The fourth-order valence-electron chi connectivity index (χ4n) is 1.52. The minimum atomic E-state index is 0.461. The molecule has 0 aromatic carbocycles. The summed E-state index contributed by atoms with van der Waals surface area (Å²) in [5.74, 6) is 2.08. The third kappa shape index (κ3) is 2.05. The Balaban J connectivity index is 1.84. The number of hydrogen-bond donors (Lipinski definition) is 1. The molecular formula is C9H13NOS2. The highest BCUT2D eigenvalue weighted by Crippen LogP contribution is 2.45. The second kappa shape index (κ2) is 3.96. The second-order valence-corrected chi connectivity index (χ2v) is 4.84. The summed E-state index contributed by atoms with van der Waals surface area (Å²) in [6, 6.07) is 0. The predicted octanol–water partition coefficient (Wildman–Crippen LogP) is 2.87. The van der Waals surface area contributed by atoms with Gasteiger partial charge in [-0.05, 0) is 24.0 Å². The molecule has 0 atom stereocenters. The van der Waals surface area contributed by atoms with Crippen LogP contribution in [0.2, 0.25) is 0 Å². The first-order valence-corrected chi connectivity index (χ1v) is 6.10. The van der Waals surface area contributed by atoms with Gasteiger partial charge in [0.05, 0.1) is 6.20 Å². The number of hydrogen-bond acceptors (Lipinski definition) is 4. The minimum absolute atomic E-state index is 0.461. The quantitative estimate of drug-likeness (QED) is 0.618. The van der Waals surface area contributed by atoms with Crippen LogP contribution < -0.4 is 0 Å². The Morgan fingerprint density at radius 2 is 2.46 bits per heavy atom. The van der Waals surface area contributed by atoms with Crippen molar-refractivity contribution in [3.63, 3.8) is 0 Å². The summed E-state index contributed by atoms with van der Waals surface area (Å²) in [5.41, 5.74) is 0.461. The average Bonchev–Trinajstić information content (AvgIpc) is 2.56. The Morgan fingerprint density at radius 1 is 1.62 bits per heavy atom. The lowest BCUT2D eigenvalue weighted by Crippen LogP contribution is -2.33. The first-order chi connectivity index (χ1) is 6.35. The van der Waals surface area contributed by atoms with Crippen molar-refractivity contribution in [2.24, 2.45) is 5.41 Å². The summed E-state index contributed by atoms with van der Waals surface area (Å²) in [5, 5.41) is 0.785. The molecule has 13 heavy (non-hydrogen) atoms. The van der Waals surface area contributed by atoms with Gasteiger partial charge >= 0.3 is 0 Å². The van der Waals surface area contributed by atoms with Gasteiger partial charge in [0.2, 0.25) is 0 Å². The van der Waals surface area contributed by atoms with E-state index >= 15 is 0 Å². The minimum Gasteiger partial charge on any atom is -0.440 e. The van der Waals surface area contributed by atoms with Crippen molar-refractivity contribution in [1.29, 1.82) is 0 Å². The number of aromatic nitrogens is 1. The normalized spacial score (nSPS) is 19.8. The maximum atomic E-state index is 5.17. The summed E-state index contributed by atoms with van der Waals surface area (Å²) in [4.78, 5) is 4.08. The molecule has 1 aromatic rings. The van der Waals surface area contributed by atoms with Crippen molar-refractivity contribution in [2.75, 3.05) is 11.5 Å². The van der Waals surface area contributed by atoms with E-state index in [0.717, 1.165) is 16.7 Å². The number of thiol groups is 1. The largest absolute Gasteiger partial charge is 0.440 e. The van der Waals surface area contributed by atoms with E-state index in [0.29, 0.717) is 5.41 Å². The maximum absolute atomic E-state index is 5.17. The van der Waals surface area contributed by atoms with Gasteiger partial charge in [-0.3, -0.25) is 0 Å². The van der Waals surface area contributed by atoms with Gasteiger partial charge in [-0.2, -0.15) is 12.6 Å². The zero-order valence-corrected chi connectivity index (χ0v) is 9.11. The monoisotopic (exact) mass is 215 g/mol. The molecule has 0 aliphatic heterocycles. The van der Waals surface area contributed by atoms with Crippen LogP contribution in [0.25, 0.3) is 0 Å². The standard InChI is InChI=1S/C9H13NOS2/c12-6-9(2-1-3-9)7-13-8-10-4-5-11-8/h4-5,12H,1-3,6-7H2. The third-order valence-electron chi connectivity index (χ3n) is 2.66. The lowest BCUT2D eigenvalue weighted by atomic mass is 9.72. The first kappa shape index (κ1) is 9.46. The van der Waals surface area contributed by atoms with Crippen LogP contribution in [0.3, 0.4) is 0 Å². The van der Waals surface area contributed by atoms with Crippen molar-refractivity contribution in [3.8, 4) is 0 Å². The lowest BCUT2D eigenvalue weighted by molar-refractivity contribution is 0.205. The molecule has 1 aromatic heterocycles. The van der Waals surface area contributed by atoms with Crippen LogP contribution in [0.15, 0.2) is 22.1 Å². The van der Waals surface area contributed by atoms with Gasteiger partial charge in [-0.25, -0.2) is 4.98 Å². The van der Waals surface area contributed by atoms with E-state index in [4.69, 9.17) is 4.42 Å². The van der Waals surface area contributed by atoms with Gasteiger partial charge in [0.25, 0.3) is 5.22 Å². The smallest absolute Gasteiger partial charge is 0.255 e. The summed E-state index contributed by atoms with van der Waals surface area (Å²) in [6.45, 7) is 0. The Kier molecular flexibility index (Phi) is 2.89. The zero-order chi connectivity index (χ0) is 9.15. The van der Waals surface area contributed by atoms with Gasteiger partial charge in [-0.1, -0.05) is 18.2 Å². The van der Waals surface area contributed by atoms with Gasteiger partial charge in [0.15, 0.2) is 0 Å². The molecule has 0 bridgehead atoms. The highest BCUT2D eigenvalue weighted by molar-refractivity contribution is 7.99. The lowest BCUT2D eigenvalue weighted by Gasteiger charge is -2.40. The van der Waals surface area contributed by atoms with Crippen LogP contribution in [0.1, 0.15) is 19.3 Å². The summed E-state index contributed by atoms with van der Waals surface area (Å²) >= 11 is 6.11. The number of nitrogens with zero attached hydrogens (tertiary/aromatic N) is 1. The van der Waals surface area contributed by atoms with E-state index in [1.165, 1.54) is 19.3 Å². The molecule has 1 fully saturated rings. The van der Waals surface area contributed by atoms with Crippen LogP contribution in [-0.2, 0) is 0 Å². The summed E-state index contributed by atoms with van der Waals surface area (Å²) in [6.07, 6.45) is 7.29. The van der Waals surface area contributed by atoms with Crippen LogP contribution in [0.4, 0.5) is 0 Å². The third-order valence-corrected chi connectivity index (χ3v) is 4.54. The molecule has 1 saturated carbocycles. The van der Waals surface area contributed by atoms with Crippen molar-refractivity contribution < 1.29 is 4.42 Å². The van der Waals surface area contributed by atoms with Crippen LogP contribution in [0.5, 0.6) is 0 Å². The predicted molar refractivity (Wildman–Crippen MR) is 57.4 cm³/mol. The van der Waals surface area contributed by atoms with Crippen molar-refractivity contribution in [1.82, 2.24) is 4.98 Å². The van der Waals surface area contributed by atoms with E-state index in [9.17, 15) is 0 Å². The molecule has 0 amide bonds. The Labute approximate surface area is 87.9 Å². The van der Waals surface area contributed by atoms with Crippen molar-refractivity contribution in [2.45, 2.75) is 24.5 Å². The van der Waals surface area contributed by atoms with Gasteiger partial charge in [0, 0.05) is 5.75 Å². The molecule has 0 unspecified atom stereocenters. The van der Waals surface area contributed by atoms with Gasteiger partial charge in [0.1, 0.15) is 6.26 Å². The van der Waals surface area contributed by atoms with Crippen molar-refractivity contribution in [3.05, 3.63) is 12.5 Å². The maximum Gasteiger partial charge on any atom is 0.255 e. The molecule has 2 rings (SSSR count). The summed E-state index contributed by atoms with van der Waals surface area (Å²) < 4.78 is 5.17. The average molecular weight is 215 g/mol. The molecule has 1 heterocycles. The van der Waals surface area contributed by atoms with E-state index in [1.807, 2.05) is 0 Å². The fourth-order valence-corrected chi connectivity index (χ4v) is 3.18. The molecule has 1 aliphatic rings. The molecule has 0 saturated heterocycles. The highest BCUT2D eigenvalue weighted by atomic mass is 32.2. The van der Waals surface area contributed by atoms with Gasteiger partial charge < -0.3 is 4.42 Å². The molecule has 4 heteroatoms. The van der Waals surface area contributed by atoms with Crippen LogP contribution >= 0.6 is 24.4 Å². The van der Waals surface area contributed by atoms with Gasteiger partial charge in [-0.15, -0.1) is 0 Å². The Hall–Kier alpha value is -0.0900. The fraction of sp³-hybridized carbons (Fsp3) is 0.667. The zero-order valence-electron chi connectivity index (χ0n) is 7.40. The SMILES string of the molecule is SCC1(CSc2ncco2)CCC1. The number of oxazole rings is 1. The molecule has 0 spiro atoms. The van der Waals surface area contributed by atoms with Crippen LogP contribution in [0, 0.1) is 5.41 Å². The molecule has 1 aliphatic carbocycles. The highest BCUT2D eigenvalue weighted by Gasteiger charge is 2.35. The number of rotatable bonds is 4. The van der Waals surface area contributed by atoms with E-state index < -0.39 is 0 Å². The van der Waals surface area contributed by atoms with E-state index in [1.54, 1.807) is 24.2 Å². The Morgan fingerprint density at radius 3 is 2.92 bits per heavy atom. The Bertz CT molecular complexity index is 251. The van der Waals surface area contributed by atoms with Crippen molar-refractivity contribution >= 4 is 24.4 Å². The molecular weight excluding hydrogens is 202 g/mol. The first-order valence-electron chi connectivity index (χ1n) is 4.48. The summed E-state index contributed by atoms with van der Waals surface area (Å²) in [7, 11) is 0. The number of thioether (sulfide) groups is 1. The van der Waals surface area contributed by atoms with E-state index in [-0.39, 0.29) is 0 Å². The molecule has 72 valence electrons. The second-order valence-electron chi connectivity index (χ2n) is 3.60. The van der Waals surface area contributed by atoms with Crippen LogP contribution in [-0.4, -0.2) is 16.5 Å². The molecule has 0 radical (unpaired) electrons.